The van der Waals surface area contributed by atoms with E-state index in [1.54, 1.807) is 44.2 Å². The minimum atomic E-state index is -3.75. The van der Waals surface area contributed by atoms with Crippen molar-refractivity contribution in [3.63, 3.8) is 0 Å². The molecule has 0 fully saturated rings. The Kier molecular flexibility index (Phi) is 4.44. The van der Waals surface area contributed by atoms with Crippen LogP contribution in [0.2, 0.25) is 5.02 Å². The molecule has 2 rings (SSSR count). The molecule has 0 aliphatic carbocycles. The second-order valence-electron chi connectivity index (χ2n) is 4.64. The lowest BCUT2D eigenvalue weighted by molar-refractivity contribution is 0.592. The molecule has 6 heteroatoms. The van der Waals surface area contributed by atoms with Crippen LogP contribution in [0.3, 0.4) is 0 Å². The van der Waals surface area contributed by atoms with Crippen molar-refractivity contribution in [3.8, 4) is 0 Å². The Hall–Kier alpha value is -1.72. The minimum Gasteiger partial charge on any atom is -0.398 e. The van der Waals surface area contributed by atoms with Crippen LogP contribution in [-0.2, 0) is 10.0 Å². The minimum absolute atomic E-state index is 0.0259. The molecular formula is C15H17ClN2O2S. The standard InChI is InChI=1S/C15H17ClN2O2S/c1-3-18(12-7-5-4-6-8-12)21(19,20)15-10-14(17)11(2)9-13(15)16/h4-10H,3,17H2,1-2H3. The quantitative estimate of drug-likeness (QED) is 0.876. The fourth-order valence-electron chi connectivity index (χ4n) is 2.07. The van der Waals surface area contributed by atoms with Crippen molar-refractivity contribution in [1.82, 2.24) is 0 Å². The summed E-state index contributed by atoms with van der Waals surface area (Å²) in [6.07, 6.45) is 0. The topological polar surface area (TPSA) is 63.4 Å². The van der Waals surface area contributed by atoms with Crippen molar-refractivity contribution in [2.45, 2.75) is 18.7 Å². The third-order valence-electron chi connectivity index (χ3n) is 3.22. The van der Waals surface area contributed by atoms with Gasteiger partial charge in [-0.3, -0.25) is 4.31 Å². The van der Waals surface area contributed by atoms with Crippen LogP contribution in [-0.4, -0.2) is 15.0 Å². The summed E-state index contributed by atoms with van der Waals surface area (Å²) in [5.74, 6) is 0. The van der Waals surface area contributed by atoms with Gasteiger partial charge in [0.05, 0.1) is 10.7 Å². The number of benzene rings is 2. The Bertz CT molecular complexity index is 746. The number of anilines is 2. The van der Waals surface area contributed by atoms with E-state index >= 15 is 0 Å². The first kappa shape index (κ1) is 15.7. The summed E-state index contributed by atoms with van der Waals surface area (Å²) in [5, 5.41) is 0.177. The van der Waals surface area contributed by atoms with Crippen molar-refractivity contribution in [2.75, 3.05) is 16.6 Å². The second-order valence-corrected chi connectivity index (χ2v) is 6.88. The van der Waals surface area contributed by atoms with Crippen molar-refractivity contribution in [3.05, 3.63) is 53.1 Å². The molecule has 0 amide bonds. The van der Waals surface area contributed by atoms with Crippen LogP contribution >= 0.6 is 11.6 Å². The predicted octanol–water partition coefficient (Wildman–Crippen LogP) is 3.45. The van der Waals surface area contributed by atoms with E-state index in [0.29, 0.717) is 17.9 Å². The summed E-state index contributed by atoms with van der Waals surface area (Å²) >= 11 is 6.11. The molecule has 0 aromatic heterocycles. The molecule has 0 spiro atoms. The van der Waals surface area contributed by atoms with Gasteiger partial charge in [0.15, 0.2) is 0 Å². The number of hydrogen-bond donors (Lipinski definition) is 1. The SMILES string of the molecule is CCN(c1ccccc1)S(=O)(=O)c1cc(N)c(C)cc1Cl. The average molecular weight is 325 g/mol. The van der Waals surface area contributed by atoms with E-state index in [4.69, 9.17) is 17.3 Å². The largest absolute Gasteiger partial charge is 0.398 e. The molecule has 21 heavy (non-hydrogen) atoms. The van der Waals surface area contributed by atoms with Gasteiger partial charge in [0, 0.05) is 12.2 Å². The van der Waals surface area contributed by atoms with Gasteiger partial charge in [-0.2, -0.15) is 0 Å². The van der Waals surface area contributed by atoms with E-state index in [9.17, 15) is 8.42 Å². The predicted molar refractivity (Wildman–Crippen MR) is 87.2 cm³/mol. The molecule has 0 radical (unpaired) electrons. The Morgan fingerprint density at radius 3 is 2.38 bits per heavy atom. The molecule has 0 saturated heterocycles. The molecule has 0 heterocycles. The van der Waals surface area contributed by atoms with Crippen LogP contribution in [0.1, 0.15) is 12.5 Å². The highest BCUT2D eigenvalue weighted by Crippen LogP contribution is 2.31. The van der Waals surface area contributed by atoms with E-state index in [2.05, 4.69) is 0 Å². The molecule has 0 saturated carbocycles. The Labute approximate surface area is 130 Å². The van der Waals surface area contributed by atoms with E-state index in [0.717, 1.165) is 5.56 Å². The average Bonchev–Trinajstić information content (AvgIpc) is 2.44. The molecule has 0 unspecified atom stereocenters. The van der Waals surface area contributed by atoms with Gasteiger partial charge in [-0.05, 0) is 43.7 Å². The maximum absolute atomic E-state index is 12.8. The van der Waals surface area contributed by atoms with Gasteiger partial charge >= 0.3 is 0 Å². The molecule has 2 aromatic rings. The lowest BCUT2D eigenvalue weighted by Gasteiger charge is -2.23. The number of rotatable bonds is 4. The van der Waals surface area contributed by atoms with Gasteiger partial charge in [-0.25, -0.2) is 8.42 Å². The van der Waals surface area contributed by atoms with Crippen LogP contribution in [0.15, 0.2) is 47.4 Å². The number of sulfonamides is 1. The number of halogens is 1. The van der Waals surface area contributed by atoms with Gasteiger partial charge < -0.3 is 5.73 Å². The summed E-state index contributed by atoms with van der Waals surface area (Å²) in [6.45, 7) is 3.86. The van der Waals surface area contributed by atoms with Gasteiger partial charge in [-0.1, -0.05) is 29.8 Å². The highest BCUT2D eigenvalue weighted by Gasteiger charge is 2.26. The highest BCUT2D eigenvalue weighted by molar-refractivity contribution is 7.93. The molecular weight excluding hydrogens is 308 g/mol. The first-order valence-electron chi connectivity index (χ1n) is 6.51. The van der Waals surface area contributed by atoms with Crippen molar-refractivity contribution < 1.29 is 8.42 Å². The zero-order valence-corrected chi connectivity index (χ0v) is 13.4. The summed E-state index contributed by atoms with van der Waals surface area (Å²) in [5.41, 5.74) is 7.57. The Balaban J connectivity index is 2.58. The molecule has 0 aliphatic rings. The van der Waals surface area contributed by atoms with E-state index in [1.165, 1.54) is 10.4 Å². The van der Waals surface area contributed by atoms with Crippen molar-refractivity contribution in [1.29, 1.82) is 0 Å². The lowest BCUT2D eigenvalue weighted by Crippen LogP contribution is -2.31. The van der Waals surface area contributed by atoms with E-state index < -0.39 is 10.0 Å². The fourth-order valence-corrected chi connectivity index (χ4v) is 4.14. The molecule has 2 N–H and O–H groups in total. The summed E-state index contributed by atoms with van der Waals surface area (Å²) in [7, 11) is -3.75. The summed E-state index contributed by atoms with van der Waals surface area (Å²) in [6, 6.07) is 11.9. The molecule has 4 nitrogen and oxygen atoms in total. The molecule has 0 atom stereocenters. The van der Waals surface area contributed by atoms with Crippen molar-refractivity contribution in [2.24, 2.45) is 0 Å². The lowest BCUT2D eigenvalue weighted by atomic mass is 10.2. The van der Waals surface area contributed by atoms with Crippen LogP contribution in [0.4, 0.5) is 11.4 Å². The number of aryl methyl sites for hydroxylation is 1. The summed E-state index contributed by atoms with van der Waals surface area (Å²) in [4.78, 5) is 0.0259. The van der Waals surface area contributed by atoms with Crippen LogP contribution in [0, 0.1) is 6.92 Å². The molecule has 112 valence electrons. The van der Waals surface area contributed by atoms with Crippen LogP contribution < -0.4 is 10.0 Å². The number of para-hydroxylation sites is 1. The first-order valence-corrected chi connectivity index (χ1v) is 8.33. The highest BCUT2D eigenvalue weighted by atomic mass is 35.5. The van der Waals surface area contributed by atoms with E-state index in [1.807, 2.05) is 6.07 Å². The number of hydrogen-bond acceptors (Lipinski definition) is 3. The number of nitrogen functional groups attached to an aromatic ring is 1. The molecule has 0 bridgehead atoms. The van der Waals surface area contributed by atoms with Gasteiger partial charge in [0.25, 0.3) is 10.0 Å². The second kappa shape index (κ2) is 5.95. The molecule has 2 aromatic carbocycles. The van der Waals surface area contributed by atoms with Crippen LogP contribution in [0.25, 0.3) is 0 Å². The Morgan fingerprint density at radius 1 is 1.19 bits per heavy atom. The third-order valence-corrected chi connectivity index (χ3v) is 5.59. The summed E-state index contributed by atoms with van der Waals surface area (Å²) < 4.78 is 27.0. The maximum atomic E-state index is 12.8. The smallest absolute Gasteiger partial charge is 0.265 e. The van der Waals surface area contributed by atoms with Gasteiger partial charge in [0.1, 0.15) is 4.90 Å². The normalized spacial score (nSPS) is 11.4. The molecule has 0 aliphatic heterocycles. The first-order chi connectivity index (χ1) is 9.87. The number of nitrogens with zero attached hydrogens (tertiary/aromatic N) is 1. The monoisotopic (exact) mass is 324 g/mol. The number of nitrogens with two attached hydrogens (primary N) is 1. The fraction of sp³-hybridized carbons (Fsp3) is 0.200. The zero-order chi connectivity index (χ0) is 15.6. The van der Waals surface area contributed by atoms with Gasteiger partial charge in [0.2, 0.25) is 0 Å². The van der Waals surface area contributed by atoms with Crippen LogP contribution in [0.5, 0.6) is 0 Å². The maximum Gasteiger partial charge on any atom is 0.265 e. The zero-order valence-electron chi connectivity index (χ0n) is 11.9. The van der Waals surface area contributed by atoms with E-state index in [-0.39, 0.29) is 9.92 Å². The third kappa shape index (κ3) is 2.99. The van der Waals surface area contributed by atoms with Gasteiger partial charge in [-0.15, -0.1) is 0 Å². The Morgan fingerprint density at radius 2 is 1.81 bits per heavy atom. The van der Waals surface area contributed by atoms with Crippen molar-refractivity contribution >= 4 is 33.0 Å².